The third-order valence-electron chi connectivity index (χ3n) is 4.86. The molecule has 1 aliphatic carbocycles. The van der Waals surface area contributed by atoms with Gasteiger partial charge in [-0.15, -0.1) is 0 Å². The van der Waals surface area contributed by atoms with Crippen molar-refractivity contribution in [1.82, 2.24) is 0 Å². The van der Waals surface area contributed by atoms with Crippen LogP contribution in [0.15, 0.2) is 60.7 Å². The van der Waals surface area contributed by atoms with E-state index in [9.17, 15) is 4.79 Å². The van der Waals surface area contributed by atoms with Gasteiger partial charge in [0.25, 0.3) is 0 Å². The second kappa shape index (κ2) is 6.00. The van der Waals surface area contributed by atoms with Gasteiger partial charge in [-0.1, -0.05) is 74.8 Å². The van der Waals surface area contributed by atoms with Gasteiger partial charge >= 0.3 is 0 Å². The van der Waals surface area contributed by atoms with Gasteiger partial charge in [-0.2, -0.15) is 0 Å². The van der Waals surface area contributed by atoms with Crippen LogP contribution in [-0.4, -0.2) is 5.78 Å². The number of rotatable bonds is 2. The molecule has 0 atom stereocenters. The largest absolute Gasteiger partial charge is 0.354 e. The van der Waals surface area contributed by atoms with Crippen molar-refractivity contribution in [2.45, 2.75) is 26.2 Å². The lowest BCUT2D eigenvalue weighted by atomic mass is 9.87. The molecule has 0 bridgehead atoms. The fraction of sp³-hybridized carbons (Fsp3) is 0.174. The minimum absolute atomic E-state index is 0.0355. The zero-order valence-electron chi connectivity index (χ0n) is 15.1. The van der Waals surface area contributed by atoms with E-state index in [1.807, 2.05) is 54.6 Å². The SMILES string of the molecule is CC(C)(C)c1ccc(Nc2cccc3c2C(=O)c2ccccc2-3)c(Cl)c1. The minimum atomic E-state index is 0.0355. The summed E-state index contributed by atoms with van der Waals surface area (Å²) < 4.78 is 0. The molecule has 0 saturated carbocycles. The molecular weight excluding hydrogens is 342 g/mol. The summed E-state index contributed by atoms with van der Waals surface area (Å²) in [5.74, 6) is 0.0566. The summed E-state index contributed by atoms with van der Waals surface area (Å²) in [7, 11) is 0. The van der Waals surface area contributed by atoms with E-state index in [1.54, 1.807) is 0 Å². The summed E-state index contributed by atoms with van der Waals surface area (Å²) in [5.41, 5.74) is 6.23. The maximum absolute atomic E-state index is 12.9. The first kappa shape index (κ1) is 16.9. The number of carbonyl (C=O) groups is 1. The lowest BCUT2D eigenvalue weighted by Crippen LogP contribution is -2.11. The highest BCUT2D eigenvalue weighted by Gasteiger charge is 2.28. The molecule has 0 aromatic heterocycles. The smallest absolute Gasteiger partial charge is 0.196 e. The molecule has 3 aromatic rings. The molecule has 26 heavy (non-hydrogen) atoms. The molecule has 0 radical (unpaired) electrons. The van der Waals surface area contributed by atoms with Crippen LogP contribution in [0.5, 0.6) is 0 Å². The van der Waals surface area contributed by atoms with Crippen molar-refractivity contribution in [3.05, 3.63) is 82.4 Å². The number of carbonyl (C=O) groups excluding carboxylic acids is 1. The van der Waals surface area contributed by atoms with Crippen molar-refractivity contribution >= 4 is 28.8 Å². The van der Waals surface area contributed by atoms with E-state index in [1.165, 1.54) is 5.56 Å². The summed E-state index contributed by atoms with van der Waals surface area (Å²) in [5, 5.41) is 4.01. The van der Waals surface area contributed by atoms with Gasteiger partial charge in [0.05, 0.1) is 22.0 Å². The Labute approximate surface area is 158 Å². The second-order valence-electron chi connectivity index (χ2n) is 7.67. The van der Waals surface area contributed by atoms with Crippen LogP contribution in [0, 0.1) is 0 Å². The van der Waals surface area contributed by atoms with Crippen LogP contribution in [-0.2, 0) is 5.41 Å². The molecule has 130 valence electrons. The number of nitrogens with one attached hydrogen (secondary N) is 1. The Kier molecular flexibility index (Phi) is 3.89. The highest BCUT2D eigenvalue weighted by molar-refractivity contribution is 6.33. The van der Waals surface area contributed by atoms with E-state index < -0.39 is 0 Å². The summed E-state index contributed by atoms with van der Waals surface area (Å²) in [4.78, 5) is 12.9. The number of ketones is 1. The van der Waals surface area contributed by atoms with Crippen molar-refractivity contribution in [3.63, 3.8) is 0 Å². The number of hydrogen-bond donors (Lipinski definition) is 1. The summed E-state index contributed by atoms with van der Waals surface area (Å²) >= 11 is 6.51. The van der Waals surface area contributed by atoms with Gasteiger partial charge in [-0.3, -0.25) is 4.79 Å². The molecule has 0 saturated heterocycles. The normalized spacial score (nSPS) is 12.7. The van der Waals surface area contributed by atoms with E-state index in [4.69, 9.17) is 11.6 Å². The Morgan fingerprint density at radius 1 is 0.808 bits per heavy atom. The number of fused-ring (bicyclic) bond motifs is 3. The van der Waals surface area contributed by atoms with Gasteiger partial charge in [0.1, 0.15) is 0 Å². The fourth-order valence-electron chi connectivity index (χ4n) is 3.40. The number of hydrogen-bond acceptors (Lipinski definition) is 2. The molecule has 3 aromatic carbocycles. The summed E-state index contributed by atoms with van der Waals surface area (Å²) in [6.07, 6.45) is 0. The highest BCUT2D eigenvalue weighted by atomic mass is 35.5. The second-order valence-corrected chi connectivity index (χ2v) is 8.08. The van der Waals surface area contributed by atoms with Gasteiger partial charge < -0.3 is 5.32 Å². The fourth-order valence-corrected chi connectivity index (χ4v) is 3.63. The Bertz CT molecular complexity index is 1030. The third kappa shape index (κ3) is 2.71. The average molecular weight is 362 g/mol. The summed E-state index contributed by atoms with van der Waals surface area (Å²) in [6.45, 7) is 6.48. The average Bonchev–Trinajstić information content (AvgIpc) is 2.90. The van der Waals surface area contributed by atoms with Crippen molar-refractivity contribution in [2.75, 3.05) is 5.32 Å². The van der Waals surface area contributed by atoms with E-state index >= 15 is 0 Å². The van der Waals surface area contributed by atoms with Crippen LogP contribution in [0.1, 0.15) is 42.3 Å². The molecule has 4 rings (SSSR count). The Hall–Kier alpha value is -2.58. The lowest BCUT2D eigenvalue weighted by molar-refractivity contribution is 0.104. The first-order valence-corrected chi connectivity index (χ1v) is 9.08. The Morgan fingerprint density at radius 2 is 1.50 bits per heavy atom. The van der Waals surface area contributed by atoms with Crippen LogP contribution in [0.2, 0.25) is 5.02 Å². The van der Waals surface area contributed by atoms with Gasteiger partial charge in [0.15, 0.2) is 5.78 Å². The van der Waals surface area contributed by atoms with E-state index in [2.05, 4.69) is 32.2 Å². The zero-order valence-corrected chi connectivity index (χ0v) is 15.8. The predicted octanol–water partition coefficient (Wildman–Crippen LogP) is 6.59. The molecule has 0 spiro atoms. The van der Waals surface area contributed by atoms with Crippen molar-refractivity contribution in [2.24, 2.45) is 0 Å². The zero-order chi connectivity index (χ0) is 18.5. The molecule has 0 unspecified atom stereocenters. The molecule has 2 nitrogen and oxygen atoms in total. The van der Waals surface area contributed by atoms with Crippen LogP contribution in [0.3, 0.4) is 0 Å². The molecule has 0 heterocycles. The van der Waals surface area contributed by atoms with Crippen molar-refractivity contribution in [1.29, 1.82) is 0 Å². The van der Waals surface area contributed by atoms with Gasteiger partial charge in [0.2, 0.25) is 0 Å². The molecule has 0 amide bonds. The first-order chi connectivity index (χ1) is 12.4. The molecule has 1 aliphatic rings. The third-order valence-corrected chi connectivity index (χ3v) is 5.17. The van der Waals surface area contributed by atoms with Gasteiger partial charge in [-0.25, -0.2) is 0 Å². The Balaban J connectivity index is 1.75. The van der Waals surface area contributed by atoms with Gasteiger partial charge in [0, 0.05) is 5.56 Å². The molecule has 1 N–H and O–H groups in total. The van der Waals surface area contributed by atoms with E-state index in [-0.39, 0.29) is 11.2 Å². The summed E-state index contributed by atoms with van der Waals surface area (Å²) in [6, 6.07) is 19.7. The monoisotopic (exact) mass is 361 g/mol. The van der Waals surface area contributed by atoms with E-state index in [0.717, 1.165) is 28.1 Å². The topological polar surface area (TPSA) is 29.1 Å². The standard InChI is InChI=1S/C23H20ClNO/c1-23(2,3)14-11-12-19(18(24)13-14)25-20-10-6-9-16-15-7-4-5-8-17(15)22(26)21(16)20/h4-13,25H,1-3H3. The first-order valence-electron chi connectivity index (χ1n) is 8.70. The highest BCUT2D eigenvalue weighted by Crippen LogP contribution is 2.41. The number of anilines is 2. The van der Waals surface area contributed by atoms with Crippen molar-refractivity contribution < 1.29 is 4.79 Å². The van der Waals surface area contributed by atoms with Crippen LogP contribution in [0.25, 0.3) is 11.1 Å². The maximum atomic E-state index is 12.9. The molecule has 0 fully saturated rings. The number of halogens is 1. The number of benzene rings is 3. The maximum Gasteiger partial charge on any atom is 0.196 e. The van der Waals surface area contributed by atoms with Crippen LogP contribution < -0.4 is 5.32 Å². The molecule has 3 heteroatoms. The molecule has 0 aliphatic heterocycles. The predicted molar refractivity (Wildman–Crippen MR) is 109 cm³/mol. The Morgan fingerprint density at radius 3 is 2.19 bits per heavy atom. The quantitative estimate of drug-likeness (QED) is 0.436. The van der Waals surface area contributed by atoms with Crippen LogP contribution in [0.4, 0.5) is 11.4 Å². The van der Waals surface area contributed by atoms with E-state index in [0.29, 0.717) is 10.6 Å². The molecular formula is C23H20ClNO. The van der Waals surface area contributed by atoms with Crippen LogP contribution >= 0.6 is 11.6 Å². The lowest BCUT2D eigenvalue weighted by Gasteiger charge is -2.20. The van der Waals surface area contributed by atoms with Gasteiger partial charge in [-0.05, 0) is 40.3 Å². The minimum Gasteiger partial charge on any atom is -0.354 e. The van der Waals surface area contributed by atoms with Crippen molar-refractivity contribution in [3.8, 4) is 11.1 Å².